The van der Waals surface area contributed by atoms with Crippen LogP contribution in [-0.4, -0.2) is 43.6 Å². The molecule has 5 rings (SSSR count). The number of ether oxygens (including phenoxy) is 2. The average molecular weight is 414 g/mol. The third-order valence-electron chi connectivity index (χ3n) is 5.57. The van der Waals surface area contributed by atoms with Gasteiger partial charge in [-0.25, -0.2) is 13.7 Å². The second kappa shape index (κ2) is 6.33. The summed E-state index contributed by atoms with van der Waals surface area (Å²) in [7, 11) is 1.49. The lowest BCUT2D eigenvalue weighted by Crippen LogP contribution is -2.49. The van der Waals surface area contributed by atoms with Crippen molar-refractivity contribution >= 4 is 29.1 Å². The van der Waals surface area contributed by atoms with Gasteiger partial charge in [-0.05, 0) is 24.3 Å². The minimum absolute atomic E-state index is 0.0148. The Kier molecular flexibility index (Phi) is 3.94. The van der Waals surface area contributed by atoms with Gasteiger partial charge < -0.3 is 14.4 Å². The number of hydrogen-bond acceptors (Lipinski definition) is 5. The first-order chi connectivity index (χ1) is 14.4. The third-order valence-corrected chi connectivity index (χ3v) is 5.57. The number of amides is 3. The van der Waals surface area contributed by atoms with Crippen LogP contribution < -0.4 is 14.5 Å². The number of halogens is 2. The molecule has 1 fully saturated rings. The van der Waals surface area contributed by atoms with Gasteiger partial charge in [-0.2, -0.15) is 0 Å². The van der Waals surface area contributed by atoms with Crippen molar-refractivity contribution in [1.29, 1.82) is 0 Å². The van der Waals surface area contributed by atoms with E-state index in [4.69, 9.17) is 9.47 Å². The van der Waals surface area contributed by atoms with E-state index in [-0.39, 0.29) is 47.3 Å². The molecule has 0 unspecified atom stereocenters. The highest BCUT2D eigenvalue weighted by Gasteiger charge is 2.58. The summed E-state index contributed by atoms with van der Waals surface area (Å²) < 4.78 is 39.4. The molecule has 3 aliphatic rings. The fourth-order valence-electron chi connectivity index (χ4n) is 3.87. The van der Waals surface area contributed by atoms with E-state index in [0.29, 0.717) is 17.7 Å². The minimum Gasteiger partial charge on any atom is -0.475 e. The van der Waals surface area contributed by atoms with Crippen LogP contribution in [-0.2, 0) is 9.53 Å². The lowest BCUT2D eigenvalue weighted by molar-refractivity contribution is -0.128. The molecule has 2 aliphatic heterocycles. The molecule has 2 heterocycles. The molecule has 9 heteroatoms. The highest BCUT2D eigenvalue weighted by atomic mass is 19.1. The van der Waals surface area contributed by atoms with Gasteiger partial charge in [0.15, 0.2) is 11.4 Å². The van der Waals surface area contributed by atoms with E-state index in [1.807, 2.05) is 0 Å². The lowest BCUT2D eigenvalue weighted by Gasteiger charge is -2.35. The summed E-state index contributed by atoms with van der Waals surface area (Å²) in [4.78, 5) is 40.5. The zero-order valence-electron chi connectivity index (χ0n) is 15.9. The molecule has 2 aromatic carbocycles. The largest absolute Gasteiger partial charge is 0.475 e. The number of methoxy groups -OCH3 is 1. The molecule has 1 spiro atoms. The van der Waals surface area contributed by atoms with Gasteiger partial charge in [0, 0.05) is 32.6 Å². The maximum atomic E-state index is 15.0. The molecule has 30 heavy (non-hydrogen) atoms. The molecule has 0 aromatic heterocycles. The molecule has 1 aliphatic carbocycles. The second-order valence-electron chi connectivity index (χ2n) is 7.45. The first-order valence-corrected chi connectivity index (χ1v) is 9.38. The van der Waals surface area contributed by atoms with Gasteiger partial charge in [-0.1, -0.05) is 0 Å². The molecule has 1 saturated carbocycles. The number of nitrogens with zero attached hydrogens (tertiary/aromatic N) is 2. The smallest absolute Gasteiger partial charge is 0.271 e. The summed E-state index contributed by atoms with van der Waals surface area (Å²) in [5.41, 5.74) is -1.22. The Morgan fingerprint density at radius 1 is 1.03 bits per heavy atom. The van der Waals surface area contributed by atoms with Crippen molar-refractivity contribution in [2.75, 3.05) is 30.1 Å². The zero-order chi connectivity index (χ0) is 21.2. The van der Waals surface area contributed by atoms with E-state index >= 15 is 0 Å². The Balaban J connectivity index is 1.60. The molecule has 7 nitrogen and oxygen atoms in total. The normalized spacial score (nSPS) is 18.6. The predicted octanol–water partition coefficient (Wildman–Crippen LogP) is 2.67. The van der Waals surface area contributed by atoms with Crippen LogP contribution in [0.5, 0.6) is 5.75 Å². The standard InChI is InChI=1S/C21H16F2N2O5/c1-29-7-6-24-16-10-15(14(23)9-17(16)30-21(4-5-21)20(24)28)25-18(26)12-3-2-11(22)8-13(12)19(25)27/h2-3,8-10H,4-7H2,1H3. The summed E-state index contributed by atoms with van der Waals surface area (Å²) >= 11 is 0. The number of carbonyl (C=O) groups is 3. The Hall–Kier alpha value is -3.33. The number of carbonyl (C=O) groups excluding carboxylic acids is 3. The van der Waals surface area contributed by atoms with Crippen LogP contribution in [0.1, 0.15) is 33.6 Å². The summed E-state index contributed by atoms with van der Waals surface area (Å²) in [6, 6.07) is 5.51. The Morgan fingerprint density at radius 3 is 2.47 bits per heavy atom. The molecule has 154 valence electrons. The predicted molar refractivity (Wildman–Crippen MR) is 101 cm³/mol. The van der Waals surface area contributed by atoms with Gasteiger partial charge in [0.1, 0.15) is 11.6 Å². The molecular formula is C21H16F2N2O5. The Labute approximate surface area is 169 Å². The fraction of sp³-hybridized carbons (Fsp3) is 0.286. The molecule has 3 amide bonds. The molecule has 2 aromatic rings. The highest BCUT2D eigenvalue weighted by Crippen LogP contribution is 2.50. The van der Waals surface area contributed by atoms with Gasteiger partial charge in [-0.3, -0.25) is 14.4 Å². The van der Waals surface area contributed by atoms with Crippen molar-refractivity contribution in [3.63, 3.8) is 0 Å². The van der Waals surface area contributed by atoms with Crippen molar-refractivity contribution < 1.29 is 32.6 Å². The van der Waals surface area contributed by atoms with Crippen molar-refractivity contribution in [3.05, 3.63) is 53.1 Å². The fourth-order valence-corrected chi connectivity index (χ4v) is 3.87. The van der Waals surface area contributed by atoms with Crippen LogP contribution in [0.15, 0.2) is 30.3 Å². The molecule has 0 radical (unpaired) electrons. The maximum Gasteiger partial charge on any atom is 0.271 e. The average Bonchev–Trinajstić information content (AvgIpc) is 3.45. The molecule has 0 bridgehead atoms. The highest BCUT2D eigenvalue weighted by molar-refractivity contribution is 6.34. The molecule has 0 atom stereocenters. The summed E-state index contributed by atoms with van der Waals surface area (Å²) in [6.45, 7) is 0.437. The summed E-state index contributed by atoms with van der Waals surface area (Å²) in [6.07, 6.45) is 1.06. The van der Waals surface area contributed by atoms with Crippen LogP contribution >= 0.6 is 0 Å². The van der Waals surface area contributed by atoms with Crippen LogP contribution in [0.2, 0.25) is 0 Å². The van der Waals surface area contributed by atoms with Crippen LogP contribution in [0.25, 0.3) is 0 Å². The Morgan fingerprint density at radius 2 is 1.77 bits per heavy atom. The third kappa shape index (κ3) is 2.55. The first-order valence-electron chi connectivity index (χ1n) is 9.38. The van der Waals surface area contributed by atoms with E-state index in [0.717, 1.165) is 18.2 Å². The number of anilines is 2. The van der Waals surface area contributed by atoms with E-state index in [1.165, 1.54) is 24.1 Å². The van der Waals surface area contributed by atoms with Gasteiger partial charge in [0.05, 0.1) is 29.1 Å². The van der Waals surface area contributed by atoms with Crippen molar-refractivity contribution in [2.24, 2.45) is 0 Å². The van der Waals surface area contributed by atoms with Crippen LogP contribution in [0.4, 0.5) is 20.2 Å². The number of rotatable bonds is 4. The van der Waals surface area contributed by atoms with Crippen molar-refractivity contribution in [2.45, 2.75) is 18.4 Å². The van der Waals surface area contributed by atoms with E-state index in [2.05, 4.69) is 0 Å². The molecule has 0 N–H and O–H groups in total. The van der Waals surface area contributed by atoms with Crippen molar-refractivity contribution in [1.82, 2.24) is 0 Å². The van der Waals surface area contributed by atoms with Gasteiger partial charge in [0.2, 0.25) is 0 Å². The molecule has 0 saturated heterocycles. The van der Waals surface area contributed by atoms with Gasteiger partial charge in [-0.15, -0.1) is 0 Å². The SMILES string of the molecule is COCCN1C(=O)C2(CC2)Oc2cc(F)c(N3C(=O)c4ccc(F)cc4C3=O)cc21. The quantitative estimate of drug-likeness (QED) is 0.719. The minimum atomic E-state index is -0.984. The number of fused-ring (bicyclic) bond motifs is 2. The van der Waals surface area contributed by atoms with Gasteiger partial charge >= 0.3 is 0 Å². The lowest BCUT2D eigenvalue weighted by atomic mass is 10.1. The summed E-state index contributed by atoms with van der Waals surface area (Å²) in [5, 5.41) is 0. The van der Waals surface area contributed by atoms with E-state index in [1.54, 1.807) is 0 Å². The maximum absolute atomic E-state index is 15.0. The second-order valence-corrected chi connectivity index (χ2v) is 7.45. The first kappa shape index (κ1) is 18.7. The van der Waals surface area contributed by atoms with Crippen molar-refractivity contribution in [3.8, 4) is 5.75 Å². The number of imide groups is 1. The Bertz CT molecular complexity index is 1130. The number of benzene rings is 2. The topological polar surface area (TPSA) is 76.2 Å². The van der Waals surface area contributed by atoms with Crippen LogP contribution in [0.3, 0.4) is 0 Å². The molecular weight excluding hydrogens is 398 g/mol. The van der Waals surface area contributed by atoms with E-state index < -0.39 is 29.0 Å². The van der Waals surface area contributed by atoms with Gasteiger partial charge in [0.25, 0.3) is 17.7 Å². The monoisotopic (exact) mass is 414 g/mol. The summed E-state index contributed by atoms with van der Waals surface area (Å²) in [5.74, 6) is -3.25. The zero-order valence-corrected chi connectivity index (χ0v) is 15.9. The van der Waals surface area contributed by atoms with E-state index in [9.17, 15) is 23.2 Å². The number of hydrogen-bond donors (Lipinski definition) is 0. The van der Waals surface area contributed by atoms with Crippen LogP contribution in [0, 0.1) is 11.6 Å².